The van der Waals surface area contributed by atoms with Crippen LogP contribution in [-0.2, 0) is 0 Å². The fraction of sp³-hybridized carbons (Fsp3) is 0.235. The number of nitrogens with zero attached hydrogens (tertiary/aromatic N) is 1. The van der Waals surface area contributed by atoms with E-state index in [0.717, 1.165) is 12.8 Å². The van der Waals surface area contributed by atoms with E-state index in [4.69, 9.17) is 0 Å². The minimum Gasteiger partial charge on any atom is -0.331 e. The molecule has 1 fully saturated rings. The Hall–Kier alpha value is -2.23. The van der Waals surface area contributed by atoms with Gasteiger partial charge in [-0.15, -0.1) is 0 Å². The molecule has 1 aliphatic rings. The first-order valence-corrected chi connectivity index (χ1v) is 6.98. The third-order valence-corrected chi connectivity index (χ3v) is 3.87. The van der Waals surface area contributed by atoms with Gasteiger partial charge in [-0.3, -0.25) is 4.79 Å². The van der Waals surface area contributed by atoms with Crippen molar-refractivity contribution in [3.05, 3.63) is 71.3 Å². The molecule has 2 nitrogen and oxygen atoms in total. The topological polar surface area (TPSA) is 20.3 Å². The van der Waals surface area contributed by atoms with Crippen LogP contribution < -0.4 is 0 Å². The van der Waals surface area contributed by atoms with E-state index in [0.29, 0.717) is 17.7 Å². The van der Waals surface area contributed by atoms with Crippen molar-refractivity contribution in [1.29, 1.82) is 0 Å². The van der Waals surface area contributed by atoms with Crippen LogP contribution in [0.5, 0.6) is 0 Å². The van der Waals surface area contributed by atoms with E-state index in [9.17, 15) is 13.6 Å². The summed E-state index contributed by atoms with van der Waals surface area (Å²) < 4.78 is 26.9. The summed E-state index contributed by atoms with van der Waals surface area (Å²) in [6.07, 6.45) is 1.58. The molecule has 4 heteroatoms. The molecule has 0 N–H and O–H groups in total. The Kier molecular flexibility index (Phi) is 3.69. The average Bonchev–Trinajstić information content (AvgIpc) is 2.97. The lowest BCUT2D eigenvalue weighted by Gasteiger charge is -2.25. The molecule has 0 radical (unpaired) electrons. The number of hydrogen-bond donors (Lipinski definition) is 0. The second-order valence-corrected chi connectivity index (χ2v) is 5.18. The molecular formula is C17H15F2NO. The molecule has 0 unspecified atom stereocenters. The molecule has 1 atom stereocenters. The lowest BCUT2D eigenvalue weighted by atomic mass is 10.0. The minimum atomic E-state index is -0.376. The number of amides is 1. The van der Waals surface area contributed by atoms with Crippen molar-refractivity contribution >= 4 is 5.91 Å². The van der Waals surface area contributed by atoms with E-state index in [1.54, 1.807) is 23.1 Å². The highest BCUT2D eigenvalue weighted by atomic mass is 19.1. The van der Waals surface area contributed by atoms with Gasteiger partial charge < -0.3 is 4.90 Å². The highest BCUT2D eigenvalue weighted by molar-refractivity contribution is 5.94. The Morgan fingerprint density at radius 1 is 1.05 bits per heavy atom. The molecule has 0 bridgehead atoms. The van der Waals surface area contributed by atoms with Gasteiger partial charge in [0.25, 0.3) is 5.91 Å². The first-order valence-electron chi connectivity index (χ1n) is 6.98. The summed E-state index contributed by atoms with van der Waals surface area (Å²) in [4.78, 5) is 14.2. The fourth-order valence-electron chi connectivity index (χ4n) is 2.84. The van der Waals surface area contributed by atoms with Gasteiger partial charge >= 0.3 is 0 Å². The van der Waals surface area contributed by atoms with Crippen LogP contribution in [-0.4, -0.2) is 17.4 Å². The summed E-state index contributed by atoms with van der Waals surface area (Å²) in [5.41, 5.74) is 0.977. The molecule has 1 saturated heterocycles. The normalized spacial score (nSPS) is 18.0. The number of carbonyl (C=O) groups excluding carboxylic acids is 1. The third-order valence-electron chi connectivity index (χ3n) is 3.87. The van der Waals surface area contributed by atoms with Crippen molar-refractivity contribution in [3.8, 4) is 0 Å². The zero-order valence-electron chi connectivity index (χ0n) is 11.4. The van der Waals surface area contributed by atoms with Gasteiger partial charge in [-0.05, 0) is 43.2 Å². The second kappa shape index (κ2) is 5.64. The number of rotatable bonds is 2. The van der Waals surface area contributed by atoms with Crippen molar-refractivity contribution in [1.82, 2.24) is 4.90 Å². The first kappa shape index (κ1) is 13.7. The third kappa shape index (κ3) is 2.66. The van der Waals surface area contributed by atoms with Gasteiger partial charge in [-0.1, -0.05) is 18.2 Å². The largest absolute Gasteiger partial charge is 0.331 e. The maximum Gasteiger partial charge on any atom is 0.254 e. The summed E-state index contributed by atoms with van der Waals surface area (Å²) in [5, 5.41) is 0. The summed E-state index contributed by atoms with van der Waals surface area (Å²) in [5.74, 6) is -0.847. The van der Waals surface area contributed by atoms with Crippen LogP contribution in [0.1, 0.15) is 34.8 Å². The molecule has 2 aromatic carbocycles. The van der Waals surface area contributed by atoms with Crippen LogP contribution in [0.3, 0.4) is 0 Å². The molecular weight excluding hydrogens is 272 g/mol. The van der Waals surface area contributed by atoms with E-state index in [-0.39, 0.29) is 23.6 Å². The zero-order chi connectivity index (χ0) is 14.8. The van der Waals surface area contributed by atoms with Crippen molar-refractivity contribution in [2.75, 3.05) is 6.54 Å². The van der Waals surface area contributed by atoms with Gasteiger partial charge in [0.05, 0.1) is 6.04 Å². The molecule has 2 aromatic rings. The van der Waals surface area contributed by atoms with E-state index in [1.807, 2.05) is 0 Å². The molecule has 0 aromatic heterocycles. The molecule has 0 aliphatic carbocycles. The van der Waals surface area contributed by atoms with Crippen molar-refractivity contribution in [3.63, 3.8) is 0 Å². The number of halogens is 2. The highest BCUT2D eigenvalue weighted by Gasteiger charge is 2.31. The van der Waals surface area contributed by atoms with Gasteiger partial charge in [0.1, 0.15) is 11.6 Å². The minimum absolute atomic E-state index is 0.180. The number of hydrogen-bond acceptors (Lipinski definition) is 1. The molecule has 1 aliphatic heterocycles. The summed E-state index contributed by atoms with van der Waals surface area (Å²) in [7, 11) is 0. The fourth-order valence-corrected chi connectivity index (χ4v) is 2.84. The Balaban J connectivity index is 1.89. The van der Waals surface area contributed by atoms with Crippen LogP contribution in [0.15, 0.2) is 48.5 Å². The van der Waals surface area contributed by atoms with E-state index in [2.05, 4.69) is 0 Å². The number of carbonyl (C=O) groups is 1. The Morgan fingerprint density at radius 2 is 1.76 bits per heavy atom. The smallest absolute Gasteiger partial charge is 0.254 e. The molecule has 1 heterocycles. The van der Waals surface area contributed by atoms with Crippen molar-refractivity contribution < 1.29 is 13.6 Å². The number of benzene rings is 2. The van der Waals surface area contributed by atoms with Crippen LogP contribution in [0, 0.1) is 11.6 Å². The molecule has 0 spiro atoms. The van der Waals surface area contributed by atoms with E-state index in [1.165, 1.54) is 30.3 Å². The predicted molar refractivity (Wildman–Crippen MR) is 75.8 cm³/mol. The van der Waals surface area contributed by atoms with Gasteiger partial charge in [-0.25, -0.2) is 8.78 Å². The Labute approximate surface area is 122 Å². The van der Waals surface area contributed by atoms with Crippen molar-refractivity contribution in [2.45, 2.75) is 18.9 Å². The summed E-state index contributed by atoms with van der Waals surface area (Å²) in [6.45, 7) is 0.592. The number of likely N-dealkylation sites (tertiary alicyclic amines) is 1. The quantitative estimate of drug-likeness (QED) is 0.819. The summed E-state index contributed by atoms with van der Waals surface area (Å²) >= 11 is 0. The predicted octanol–water partition coefficient (Wildman–Crippen LogP) is 3.94. The zero-order valence-corrected chi connectivity index (χ0v) is 11.4. The van der Waals surface area contributed by atoms with Gasteiger partial charge in [0.15, 0.2) is 0 Å². The van der Waals surface area contributed by atoms with Gasteiger partial charge in [0, 0.05) is 17.7 Å². The molecule has 3 rings (SSSR count). The lowest BCUT2D eigenvalue weighted by molar-refractivity contribution is 0.0733. The molecule has 21 heavy (non-hydrogen) atoms. The molecule has 108 valence electrons. The molecule has 1 amide bonds. The van der Waals surface area contributed by atoms with Crippen LogP contribution in [0.4, 0.5) is 8.78 Å². The Morgan fingerprint density at radius 3 is 2.48 bits per heavy atom. The van der Waals surface area contributed by atoms with Crippen LogP contribution in [0.2, 0.25) is 0 Å². The maximum absolute atomic E-state index is 13.9. The second-order valence-electron chi connectivity index (χ2n) is 5.18. The van der Waals surface area contributed by atoms with E-state index >= 15 is 0 Å². The monoisotopic (exact) mass is 287 g/mol. The Bertz CT molecular complexity index is 654. The van der Waals surface area contributed by atoms with Crippen molar-refractivity contribution in [2.24, 2.45) is 0 Å². The first-order chi connectivity index (χ1) is 10.2. The maximum atomic E-state index is 13.9. The average molecular weight is 287 g/mol. The lowest BCUT2D eigenvalue weighted by Crippen LogP contribution is -2.31. The van der Waals surface area contributed by atoms with E-state index < -0.39 is 0 Å². The van der Waals surface area contributed by atoms with Gasteiger partial charge in [-0.2, -0.15) is 0 Å². The standard InChI is InChI=1S/C17H15F2NO/c18-13-9-7-12(8-10-13)17(21)20-11-3-6-16(20)14-4-1-2-5-15(14)19/h1-2,4-5,7-10,16H,3,6,11H2/t16-/m0/s1. The molecule has 0 saturated carbocycles. The van der Waals surface area contributed by atoms with Crippen LogP contribution in [0.25, 0.3) is 0 Å². The van der Waals surface area contributed by atoms with Crippen LogP contribution >= 0.6 is 0 Å². The summed E-state index contributed by atoms with van der Waals surface area (Å²) in [6, 6.07) is 11.8. The SMILES string of the molecule is O=C(c1ccc(F)cc1)N1CCC[C@H]1c1ccccc1F. The highest BCUT2D eigenvalue weighted by Crippen LogP contribution is 2.34. The van der Waals surface area contributed by atoms with Gasteiger partial charge in [0.2, 0.25) is 0 Å².